The number of methoxy groups -OCH3 is 1. The minimum Gasteiger partial charge on any atom is -0.380 e. The summed E-state index contributed by atoms with van der Waals surface area (Å²) in [5.41, 5.74) is 1.25. The molecule has 2 atom stereocenters. The van der Waals surface area contributed by atoms with Crippen molar-refractivity contribution in [1.82, 2.24) is 35.1 Å². The summed E-state index contributed by atoms with van der Waals surface area (Å²) in [7, 11) is 1.67. The van der Waals surface area contributed by atoms with Gasteiger partial charge in [0.05, 0.1) is 17.8 Å². The van der Waals surface area contributed by atoms with Crippen LogP contribution < -0.4 is 0 Å². The van der Waals surface area contributed by atoms with Gasteiger partial charge in [0.1, 0.15) is 5.82 Å². The first-order valence-electron chi connectivity index (χ1n) is 9.69. The summed E-state index contributed by atoms with van der Waals surface area (Å²) >= 11 is 0. The van der Waals surface area contributed by atoms with Gasteiger partial charge in [0.25, 0.3) is 5.91 Å². The van der Waals surface area contributed by atoms with Crippen LogP contribution in [0.3, 0.4) is 0 Å². The first-order chi connectivity index (χ1) is 13.1. The summed E-state index contributed by atoms with van der Waals surface area (Å²) in [6, 6.07) is -0.216. The van der Waals surface area contributed by atoms with Gasteiger partial charge < -0.3 is 9.64 Å². The molecule has 1 amide bonds. The number of H-pyrrole nitrogens is 1. The summed E-state index contributed by atoms with van der Waals surface area (Å²) in [6.07, 6.45) is 5.68. The van der Waals surface area contributed by atoms with E-state index in [0.29, 0.717) is 30.4 Å². The lowest BCUT2D eigenvalue weighted by molar-refractivity contribution is 0.0678. The molecule has 9 nitrogen and oxygen atoms in total. The molecule has 1 aliphatic heterocycles. The Morgan fingerprint density at radius 1 is 1.30 bits per heavy atom. The summed E-state index contributed by atoms with van der Waals surface area (Å²) in [4.78, 5) is 19.5. The number of amides is 1. The largest absolute Gasteiger partial charge is 0.380 e. The van der Waals surface area contributed by atoms with Crippen molar-refractivity contribution in [1.29, 1.82) is 0 Å². The molecular weight excluding hydrogens is 346 g/mol. The van der Waals surface area contributed by atoms with E-state index in [0.717, 1.165) is 18.1 Å². The number of hydrogen-bond acceptors (Lipinski definition) is 6. The number of carbonyl (C=O) groups is 1. The van der Waals surface area contributed by atoms with Crippen molar-refractivity contribution in [2.45, 2.75) is 64.6 Å². The van der Waals surface area contributed by atoms with E-state index in [1.165, 1.54) is 25.7 Å². The number of aromatic amines is 1. The van der Waals surface area contributed by atoms with Gasteiger partial charge in [0.2, 0.25) is 0 Å². The van der Waals surface area contributed by atoms with Gasteiger partial charge in [0, 0.05) is 26.6 Å². The number of likely N-dealkylation sites (tertiary alicyclic amines) is 1. The molecule has 0 aromatic carbocycles. The topological polar surface area (TPSA) is 102 Å². The third-order valence-electron chi connectivity index (χ3n) is 5.86. The molecule has 2 aliphatic rings. The third kappa shape index (κ3) is 3.47. The van der Waals surface area contributed by atoms with Crippen LogP contribution in [-0.2, 0) is 11.3 Å². The van der Waals surface area contributed by atoms with E-state index in [9.17, 15) is 4.79 Å². The molecule has 1 aliphatic carbocycles. The molecule has 9 heteroatoms. The fourth-order valence-electron chi connectivity index (χ4n) is 4.25. The molecule has 1 saturated carbocycles. The summed E-state index contributed by atoms with van der Waals surface area (Å²) in [5, 5.41) is 15.6. The van der Waals surface area contributed by atoms with Gasteiger partial charge >= 0.3 is 0 Å². The van der Waals surface area contributed by atoms with Crippen LogP contribution in [0.4, 0.5) is 0 Å². The Morgan fingerprint density at radius 3 is 2.74 bits per heavy atom. The van der Waals surface area contributed by atoms with Crippen LogP contribution in [0.25, 0.3) is 0 Å². The fourth-order valence-corrected chi connectivity index (χ4v) is 4.25. The highest BCUT2D eigenvalue weighted by Gasteiger charge is 2.40. The van der Waals surface area contributed by atoms with Crippen molar-refractivity contribution in [2.24, 2.45) is 5.92 Å². The molecule has 1 saturated heterocycles. The minimum absolute atomic E-state index is 0.0356. The van der Waals surface area contributed by atoms with Crippen LogP contribution in [0.1, 0.15) is 66.0 Å². The molecule has 0 radical (unpaired) electrons. The maximum Gasteiger partial charge on any atom is 0.277 e. The van der Waals surface area contributed by atoms with E-state index in [1.807, 2.05) is 18.5 Å². The number of hydrogen-bond donors (Lipinski definition) is 1. The Morgan fingerprint density at radius 2 is 2.07 bits per heavy atom. The molecule has 0 unspecified atom stereocenters. The van der Waals surface area contributed by atoms with Crippen molar-refractivity contribution < 1.29 is 9.53 Å². The molecular formula is C18H27N7O2. The van der Waals surface area contributed by atoms with Gasteiger partial charge in [-0.15, -0.1) is 5.10 Å². The lowest BCUT2D eigenvalue weighted by atomic mass is 10.1. The monoisotopic (exact) mass is 373 g/mol. The second-order valence-electron chi connectivity index (χ2n) is 7.70. The zero-order valence-electron chi connectivity index (χ0n) is 16.2. The number of aromatic nitrogens is 6. The standard InChI is InChI=1S/C18H27N7O2/c1-11-16(21-23-25(11)9-13-6-4-5-7-13)18(26)24-10-14(27-3)8-15(24)17-19-12(2)20-22-17/h13-15H,4-10H2,1-3H3,(H,19,20,22)/t14-,15+/m1/s1. The maximum atomic E-state index is 13.3. The van der Waals surface area contributed by atoms with Gasteiger partial charge in [0.15, 0.2) is 11.5 Å². The Balaban J connectivity index is 1.56. The lowest BCUT2D eigenvalue weighted by Crippen LogP contribution is -2.33. The highest BCUT2D eigenvalue weighted by molar-refractivity contribution is 5.93. The quantitative estimate of drug-likeness (QED) is 0.857. The smallest absolute Gasteiger partial charge is 0.277 e. The number of nitrogens with zero attached hydrogens (tertiary/aromatic N) is 6. The number of nitrogens with one attached hydrogen (secondary N) is 1. The van der Waals surface area contributed by atoms with Crippen LogP contribution in [0.15, 0.2) is 0 Å². The Hall–Kier alpha value is -2.29. The van der Waals surface area contributed by atoms with Crippen LogP contribution in [0, 0.1) is 19.8 Å². The molecule has 146 valence electrons. The molecule has 1 N–H and O–H groups in total. The lowest BCUT2D eigenvalue weighted by Gasteiger charge is -2.21. The number of ether oxygens (including phenoxy) is 1. The minimum atomic E-state index is -0.216. The Kier molecular flexibility index (Phi) is 4.94. The highest BCUT2D eigenvalue weighted by atomic mass is 16.5. The number of carbonyl (C=O) groups excluding carboxylic acids is 1. The molecule has 3 heterocycles. The van der Waals surface area contributed by atoms with Crippen molar-refractivity contribution in [3.63, 3.8) is 0 Å². The third-order valence-corrected chi connectivity index (χ3v) is 5.86. The average Bonchev–Trinajstić information content (AvgIpc) is 3.43. The Labute approximate surface area is 158 Å². The summed E-state index contributed by atoms with van der Waals surface area (Å²) in [5.74, 6) is 1.87. The summed E-state index contributed by atoms with van der Waals surface area (Å²) < 4.78 is 7.40. The van der Waals surface area contributed by atoms with Gasteiger partial charge in [-0.25, -0.2) is 9.67 Å². The van der Waals surface area contributed by atoms with Crippen molar-refractivity contribution in [3.8, 4) is 0 Å². The van der Waals surface area contributed by atoms with Gasteiger partial charge in [-0.1, -0.05) is 18.1 Å². The Bertz CT molecular complexity index is 808. The van der Waals surface area contributed by atoms with Gasteiger partial charge in [-0.05, 0) is 32.6 Å². The molecule has 2 aromatic heterocycles. The zero-order chi connectivity index (χ0) is 19.0. The van der Waals surface area contributed by atoms with Gasteiger partial charge in [-0.3, -0.25) is 9.89 Å². The van der Waals surface area contributed by atoms with E-state index < -0.39 is 0 Å². The first-order valence-corrected chi connectivity index (χ1v) is 9.69. The SMILES string of the molecule is CO[C@@H]1C[C@@H](c2n[nH]c(C)n2)N(C(=O)c2nnn(CC3CCCC3)c2C)C1. The van der Waals surface area contributed by atoms with E-state index in [2.05, 4.69) is 25.5 Å². The molecule has 2 fully saturated rings. The molecule has 27 heavy (non-hydrogen) atoms. The predicted octanol–water partition coefficient (Wildman–Crippen LogP) is 1.81. The molecule has 2 aromatic rings. The first kappa shape index (κ1) is 18.1. The van der Waals surface area contributed by atoms with Crippen molar-refractivity contribution >= 4 is 5.91 Å². The predicted molar refractivity (Wildman–Crippen MR) is 97.0 cm³/mol. The normalized spacial score (nSPS) is 23.4. The zero-order valence-corrected chi connectivity index (χ0v) is 16.2. The second-order valence-corrected chi connectivity index (χ2v) is 7.70. The maximum absolute atomic E-state index is 13.3. The molecule has 0 bridgehead atoms. The second kappa shape index (κ2) is 7.38. The van der Waals surface area contributed by atoms with Crippen LogP contribution in [0.5, 0.6) is 0 Å². The van der Waals surface area contributed by atoms with E-state index in [4.69, 9.17) is 4.74 Å². The van der Waals surface area contributed by atoms with E-state index >= 15 is 0 Å². The van der Waals surface area contributed by atoms with Crippen molar-refractivity contribution in [2.75, 3.05) is 13.7 Å². The van der Waals surface area contributed by atoms with Crippen LogP contribution in [0.2, 0.25) is 0 Å². The average molecular weight is 373 g/mol. The number of rotatable bonds is 5. The van der Waals surface area contributed by atoms with Crippen molar-refractivity contribution in [3.05, 3.63) is 23.0 Å². The van der Waals surface area contributed by atoms with Gasteiger partial charge in [-0.2, -0.15) is 5.10 Å². The fraction of sp³-hybridized carbons (Fsp3) is 0.722. The van der Waals surface area contributed by atoms with Crippen LogP contribution >= 0.6 is 0 Å². The van der Waals surface area contributed by atoms with Crippen LogP contribution in [-0.4, -0.2) is 60.7 Å². The molecule has 4 rings (SSSR count). The molecule has 0 spiro atoms. The van der Waals surface area contributed by atoms with E-state index in [1.54, 1.807) is 12.0 Å². The van der Waals surface area contributed by atoms with E-state index in [-0.39, 0.29) is 18.1 Å². The summed E-state index contributed by atoms with van der Waals surface area (Å²) in [6.45, 7) is 5.13. The highest BCUT2D eigenvalue weighted by Crippen LogP contribution is 2.33. The number of aryl methyl sites for hydroxylation is 1.